The first-order valence-corrected chi connectivity index (χ1v) is 10.5. The number of carbonyl (C=O) groups excluding carboxylic acids is 2. The highest BCUT2D eigenvalue weighted by Gasteiger charge is 2.37. The number of aromatic hydroxyl groups is 1. The Kier molecular flexibility index (Phi) is 5.08. The number of nitrogens with one attached hydrogen (secondary N) is 2. The highest BCUT2D eigenvalue weighted by Crippen LogP contribution is 2.43. The van der Waals surface area contributed by atoms with Gasteiger partial charge in [0.05, 0.1) is 13.3 Å². The van der Waals surface area contributed by atoms with Gasteiger partial charge >= 0.3 is 0 Å². The predicted octanol–water partition coefficient (Wildman–Crippen LogP) is 4.01. The maximum Gasteiger partial charge on any atom is 0.261 e. The van der Waals surface area contributed by atoms with Crippen molar-refractivity contribution in [3.8, 4) is 11.5 Å². The summed E-state index contributed by atoms with van der Waals surface area (Å²) in [4.78, 5) is 25.9. The molecule has 0 saturated heterocycles. The number of amides is 1. The summed E-state index contributed by atoms with van der Waals surface area (Å²) in [6.07, 6.45) is 3.24. The summed E-state index contributed by atoms with van der Waals surface area (Å²) in [7, 11) is 1.45. The fraction of sp³-hybridized carbons (Fsp3) is 0.208. The smallest absolute Gasteiger partial charge is 0.261 e. The predicted molar refractivity (Wildman–Crippen MR) is 119 cm³/mol. The normalized spacial score (nSPS) is 17.2. The molecule has 1 aromatic heterocycles. The summed E-state index contributed by atoms with van der Waals surface area (Å²) in [6, 6.07) is 9.79. The molecule has 5 rings (SSSR count). The highest BCUT2D eigenvalue weighted by atomic mass is 19.1. The largest absolute Gasteiger partial charge is 0.504 e. The second kappa shape index (κ2) is 8.09. The van der Waals surface area contributed by atoms with Gasteiger partial charge in [-0.25, -0.2) is 9.07 Å². The Hall–Kier alpha value is -4.14. The average Bonchev–Trinajstić information content (AvgIpc) is 3.23. The Morgan fingerprint density at radius 2 is 2.03 bits per heavy atom. The van der Waals surface area contributed by atoms with Crippen molar-refractivity contribution in [2.75, 3.05) is 17.7 Å². The number of methoxy groups -OCH3 is 1. The van der Waals surface area contributed by atoms with Crippen molar-refractivity contribution in [3.05, 3.63) is 76.9 Å². The summed E-state index contributed by atoms with van der Waals surface area (Å²) in [5, 5.41) is 20.5. The lowest BCUT2D eigenvalue weighted by molar-refractivity contribution is -0.116. The molecule has 2 heterocycles. The third kappa shape index (κ3) is 3.61. The molecule has 1 unspecified atom stereocenters. The number of ketones is 1. The molecule has 1 aliphatic carbocycles. The van der Waals surface area contributed by atoms with Crippen LogP contribution in [0.25, 0.3) is 0 Å². The van der Waals surface area contributed by atoms with E-state index in [1.54, 1.807) is 16.8 Å². The number of Topliss-reactive ketones (excluding diaryl/α,β-unsaturated/α-hetero) is 1. The molecule has 1 atom stereocenters. The van der Waals surface area contributed by atoms with E-state index in [-0.39, 0.29) is 17.3 Å². The van der Waals surface area contributed by atoms with Crippen molar-refractivity contribution in [3.63, 3.8) is 0 Å². The van der Waals surface area contributed by atoms with E-state index < -0.39 is 17.8 Å². The molecule has 2 aliphatic rings. The number of benzene rings is 2. The molecule has 3 N–H and O–H groups in total. The maximum atomic E-state index is 13.2. The number of anilines is 2. The number of phenolic OH excluding ortho intramolecular Hbond substituents is 1. The maximum absolute atomic E-state index is 13.2. The lowest BCUT2D eigenvalue weighted by atomic mass is 9.85. The van der Waals surface area contributed by atoms with E-state index in [9.17, 15) is 19.1 Å². The Balaban J connectivity index is 1.58. The number of phenols is 1. The van der Waals surface area contributed by atoms with Gasteiger partial charge in [-0.3, -0.25) is 9.59 Å². The summed E-state index contributed by atoms with van der Waals surface area (Å²) >= 11 is 0. The minimum absolute atomic E-state index is 0.0132. The van der Waals surface area contributed by atoms with E-state index in [2.05, 4.69) is 15.7 Å². The van der Waals surface area contributed by atoms with Gasteiger partial charge in [0.25, 0.3) is 5.91 Å². The number of ether oxygens (including phenoxy) is 1. The number of fused-ring (bicyclic) bond motifs is 1. The van der Waals surface area contributed by atoms with Crippen molar-refractivity contribution < 1.29 is 23.8 Å². The fourth-order valence-corrected chi connectivity index (χ4v) is 4.33. The molecule has 0 radical (unpaired) electrons. The van der Waals surface area contributed by atoms with Gasteiger partial charge in [0.1, 0.15) is 23.2 Å². The summed E-state index contributed by atoms with van der Waals surface area (Å²) in [6.45, 7) is 0. The number of aromatic nitrogens is 2. The van der Waals surface area contributed by atoms with Gasteiger partial charge in [-0.05, 0) is 54.8 Å². The number of nitrogens with zero attached hydrogens (tertiary/aromatic N) is 2. The molecule has 8 nitrogen and oxygen atoms in total. The Labute approximate surface area is 188 Å². The zero-order valence-electron chi connectivity index (χ0n) is 17.8. The van der Waals surface area contributed by atoms with Gasteiger partial charge < -0.3 is 20.5 Å². The monoisotopic (exact) mass is 448 g/mol. The molecule has 0 fully saturated rings. The molecule has 33 heavy (non-hydrogen) atoms. The van der Waals surface area contributed by atoms with Crippen LogP contribution in [0.15, 0.2) is 59.9 Å². The molecule has 1 amide bonds. The van der Waals surface area contributed by atoms with Gasteiger partial charge in [-0.15, -0.1) is 0 Å². The number of carbonyl (C=O) groups is 2. The molecular weight excluding hydrogens is 427 g/mol. The first kappa shape index (κ1) is 20.7. The number of hydrogen-bond acceptors (Lipinski definition) is 6. The second-order valence-corrected chi connectivity index (χ2v) is 7.94. The van der Waals surface area contributed by atoms with Crippen LogP contribution in [0, 0.1) is 5.82 Å². The van der Waals surface area contributed by atoms with E-state index in [0.29, 0.717) is 47.5 Å². The van der Waals surface area contributed by atoms with Crippen LogP contribution in [0.3, 0.4) is 0 Å². The quantitative estimate of drug-likeness (QED) is 0.557. The van der Waals surface area contributed by atoms with Crippen LogP contribution in [-0.2, 0) is 4.79 Å². The van der Waals surface area contributed by atoms with E-state index in [1.807, 2.05) is 0 Å². The van der Waals surface area contributed by atoms with Crippen molar-refractivity contribution >= 4 is 23.2 Å². The molecule has 2 aromatic carbocycles. The van der Waals surface area contributed by atoms with Gasteiger partial charge in [-0.1, -0.05) is 6.07 Å². The van der Waals surface area contributed by atoms with Gasteiger partial charge in [0.2, 0.25) is 0 Å². The van der Waals surface area contributed by atoms with E-state index >= 15 is 0 Å². The first-order valence-electron chi connectivity index (χ1n) is 10.5. The average molecular weight is 448 g/mol. The number of rotatable bonds is 4. The Morgan fingerprint density at radius 1 is 1.24 bits per heavy atom. The van der Waals surface area contributed by atoms with Crippen molar-refractivity contribution in [1.29, 1.82) is 0 Å². The van der Waals surface area contributed by atoms with Crippen molar-refractivity contribution in [2.24, 2.45) is 0 Å². The second-order valence-electron chi connectivity index (χ2n) is 7.94. The summed E-state index contributed by atoms with van der Waals surface area (Å²) in [5.41, 5.74) is 2.79. The van der Waals surface area contributed by atoms with Crippen LogP contribution < -0.4 is 15.4 Å². The third-order valence-electron chi connectivity index (χ3n) is 5.91. The van der Waals surface area contributed by atoms with Crippen molar-refractivity contribution in [2.45, 2.75) is 25.3 Å². The lowest BCUT2D eigenvalue weighted by Gasteiger charge is -2.33. The van der Waals surface area contributed by atoms with E-state index in [0.717, 1.165) is 5.70 Å². The molecule has 0 spiro atoms. The van der Waals surface area contributed by atoms with Crippen LogP contribution >= 0.6 is 0 Å². The van der Waals surface area contributed by atoms with E-state index in [1.165, 1.54) is 43.6 Å². The van der Waals surface area contributed by atoms with E-state index in [4.69, 9.17) is 4.74 Å². The highest BCUT2D eigenvalue weighted by molar-refractivity contribution is 6.08. The van der Waals surface area contributed by atoms with Crippen molar-refractivity contribution in [1.82, 2.24) is 9.78 Å². The van der Waals surface area contributed by atoms with Crippen LogP contribution in [0.2, 0.25) is 0 Å². The molecule has 1 aliphatic heterocycles. The molecule has 3 aromatic rings. The first-order chi connectivity index (χ1) is 16.0. The number of allylic oxidation sites excluding steroid dienone is 2. The zero-order valence-corrected chi connectivity index (χ0v) is 17.8. The van der Waals surface area contributed by atoms with Crippen LogP contribution in [0.4, 0.5) is 15.9 Å². The minimum Gasteiger partial charge on any atom is -0.504 e. The summed E-state index contributed by atoms with van der Waals surface area (Å²) < 4.78 is 20.1. The number of halogens is 1. The topological polar surface area (TPSA) is 105 Å². The molecule has 168 valence electrons. The molecule has 0 bridgehead atoms. The van der Waals surface area contributed by atoms with Gasteiger partial charge in [-0.2, -0.15) is 5.10 Å². The number of hydrogen-bond donors (Lipinski definition) is 3. The standard InChI is InChI=1S/C24H21FN4O4/c1-33-20-11-13(5-10-18(20)30)22-21-17(3-2-4-19(21)31)28-23-16(12-26-29(22)23)24(32)27-15-8-6-14(25)7-9-15/h5-12,22,28,30H,2-4H2,1H3,(H,27,32). The Bertz CT molecular complexity index is 1300. The fourth-order valence-electron chi connectivity index (χ4n) is 4.33. The molecule has 0 saturated carbocycles. The molecular formula is C24H21FN4O4. The van der Waals surface area contributed by atoms with Gasteiger partial charge in [0.15, 0.2) is 17.3 Å². The van der Waals surface area contributed by atoms with Crippen LogP contribution in [-0.4, -0.2) is 33.7 Å². The van der Waals surface area contributed by atoms with Crippen LogP contribution in [0.1, 0.15) is 41.2 Å². The third-order valence-corrected chi connectivity index (χ3v) is 5.91. The Morgan fingerprint density at radius 3 is 2.79 bits per heavy atom. The molecule has 9 heteroatoms. The SMILES string of the molecule is COc1cc(C2C3=C(CCCC3=O)Nc3c(C(=O)Nc4ccc(F)cc4)cnn32)ccc1O. The van der Waals surface area contributed by atoms with Gasteiger partial charge in [0, 0.05) is 23.4 Å². The lowest BCUT2D eigenvalue weighted by Crippen LogP contribution is -2.32. The zero-order chi connectivity index (χ0) is 23.1. The summed E-state index contributed by atoms with van der Waals surface area (Å²) in [5.74, 6) is -0.0760. The minimum atomic E-state index is -0.578. The van der Waals surface area contributed by atoms with Crippen LogP contribution in [0.5, 0.6) is 11.5 Å².